The third-order valence-corrected chi connectivity index (χ3v) is 4.44. The number of hydrogen-bond acceptors (Lipinski definition) is 4. The van der Waals surface area contributed by atoms with E-state index in [1.54, 1.807) is 6.07 Å². The van der Waals surface area contributed by atoms with Crippen LogP contribution in [0.5, 0.6) is 0 Å². The van der Waals surface area contributed by atoms with Crippen LogP contribution in [-0.4, -0.2) is 24.7 Å². The second-order valence-corrected chi connectivity index (χ2v) is 7.27. The van der Waals surface area contributed by atoms with E-state index in [1.165, 1.54) is 16.8 Å². The summed E-state index contributed by atoms with van der Waals surface area (Å²) in [5.41, 5.74) is -0.339. The molecule has 0 bridgehead atoms. The zero-order valence-electron chi connectivity index (χ0n) is 13.5. The van der Waals surface area contributed by atoms with Crippen LogP contribution in [0.1, 0.15) is 18.4 Å². The SMILES string of the molecule is C[C@@](F)(S)c1nc2ccc(C(F)(F)F)nc2n1-c1cc(Cl)c2[nH]ncc2c1. The summed E-state index contributed by atoms with van der Waals surface area (Å²) >= 11 is 10.1. The Balaban J connectivity index is 2.09. The molecular formula is C16H10ClF4N5S. The summed E-state index contributed by atoms with van der Waals surface area (Å²) in [6, 6.07) is 5.00. The number of nitrogens with zero attached hydrogens (tertiary/aromatic N) is 4. The van der Waals surface area contributed by atoms with Crippen LogP contribution in [-0.2, 0) is 11.2 Å². The molecule has 0 unspecified atom stereocenters. The normalized spacial score (nSPS) is 14.8. The number of thiol groups is 1. The summed E-state index contributed by atoms with van der Waals surface area (Å²) in [6.45, 7) is 1.14. The summed E-state index contributed by atoms with van der Waals surface area (Å²) in [6.07, 6.45) is -3.16. The largest absolute Gasteiger partial charge is 0.433 e. The Bertz CT molecular complexity index is 1180. The molecule has 0 amide bonds. The van der Waals surface area contributed by atoms with Gasteiger partial charge in [0.05, 0.1) is 22.4 Å². The number of H-pyrrole nitrogens is 1. The van der Waals surface area contributed by atoms with Gasteiger partial charge in [0.15, 0.2) is 11.5 Å². The van der Waals surface area contributed by atoms with Crippen molar-refractivity contribution in [2.75, 3.05) is 0 Å². The maximum atomic E-state index is 14.7. The fourth-order valence-electron chi connectivity index (χ4n) is 2.79. The number of halogens is 5. The van der Waals surface area contributed by atoms with Crippen molar-refractivity contribution in [3.8, 4) is 5.69 Å². The molecule has 0 aliphatic carbocycles. The monoisotopic (exact) mass is 415 g/mol. The van der Waals surface area contributed by atoms with E-state index in [9.17, 15) is 17.6 Å². The lowest BCUT2D eigenvalue weighted by atomic mass is 10.2. The maximum Gasteiger partial charge on any atom is 0.433 e. The van der Waals surface area contributed by atoms with Gasteiger partial charge in [0, 0.05) is 5.39 Å². The van der Waals surface area contributed by atoms with Gasteiger partial charge in [0.1, 0.15) is 11.2 Å². The Labute approximate surface area is 159 Å². The van der Waals surface area contributed by atoms with Crippen LogP contribution in [0, 0.1) is 0 Å². The molecule has 0 aliphatic rings. The highest BCUT2D eigenvalue weighted by atomic mass is 35.5. The molecule has 140 valence electrons. The molecule has 0 saturated heterocycles. The van der Waals surface area contributed by atoms with Gasteiger partial charge >= 0.3 is 6.18 Å². The minimum atomic E-state index is -4.66. The lowest BCUT2D eigenvalue weighted by Crippen LogP contribution is -2.15. The van der Waals surface area contributed by atoms with Crippen LogP contribution < -0.4 is 0 Å². The lowest BCUT2D eigenvalue weighted by Gasteiger charge is -2.16. The fraction of sp³-hybridized carbons (Fsp3) is 0.188. The first-order valence-corrected chi connectivity index (χ1v) is 8.39. The standard InChI is InChI=1S/C16H10ClF4N5S/c1-15(18,27)14-23-10-2-3-11(16(19,20)21)24-13(10)26(14)8-4-7-6-22-25-12(7)9(17)5-8/h2-6,27H,1H3,(H,22,25)/t15-/m1/s1. The number of fused-ring (bicyclic) bond motifs is 2. The molecule has 5 nitrogen and oxygen atoms in total. The van der Waals surface area contributed by atoms with Crippen LogP contribution in [0.4, 0.5) is 17.6 Å². The number of alkyl halides is 4. The lowest BCUT2D eigenvalue weighted by molar-refractivity contribution is -0.141. The predicted molar refractivity (Wildman–Crippen MR) is 96.0 cm³/mol. The maximum absolute atomic E-state index is 14.7. The predicted octanol–water partition coefficient (Wildman–Crippen LogP) is 5.04. The van der Waals surface area contributed by atoms with E-state index in [0.717, 1.165) is 19.1 Å². The number of rotatable bonds is 2. The number of benzene rings is 1. The van der Waals surface area contributed by atoms with Gasteiger partial charge in [0.25, 0.3) is 0 Å². The van der Waals surface area contributed by atoms with Crippen LogP contribution >= 0.6 is 24.2 Å². The van der Waals surface area contributed by atoms with Gasteiger partial charge in [-0.05, 0) is 31.2 Å². The Morgan fingerprint density at radius 2 is 1.89 bits per heavy atom. The van der Waals surface area contributed by atoms with Gasteiger partial charge in [-0.2, -0.15) is 18.3 Å². The van der Waals surface area contributed by atoms with Gasteiger partial charge in [-0.15, -0.1) is 12.6 Å². The average Bonchev–Trinajstić information content (AvgIpc) is 3.17. The van der Waals surface area contributed by atoms with E-state index in [2.05, 4.69) is 32.8 Å². The van der Waals surface area contributed by atoms with E-state index in [-0.39, 0.29) is 27.7 Å². The van der Waals surface area contributed by atoms with E-state index < -0.39 is 16.9 Å². The third kappa shape index (κ3) is 3.02. The van der Waals surface area contributed by atoms with Gasteiger partial charge < -0.3 is 0 Å². The summed E-state index contributed by atoms with van der Waals surface area (Å²) in [7, 11) is 0. The number of aromatic amines is 1. The van der Waals surface area contributed by atoms with Crippen molar-refractivity contribution in [1.82, 2.24) is 24.7 Å². The Hall–Kier alpha value is -2.33. The Morgan fingerprint density at radius 1 is 1.15 bits per heavy atom. The molecule has 1 N–H and O–H groups in total. The van der Waals surface area contributed by atoms with Crippen molar-refractivity contribution in [2.45, 2.75) is 18.1 Å². The highest BCUT2D eigenvalue weighted by molar-refractivity contribution is 7.81. The second-order valence-electron chi connectivity index (χ2n) is 6.02. The van der Waals surface area contributed by atoms with Crippen molar-refractivity contribution < 1.29 is 17.6 Å². The van der Waals surface area contributed by atoms with Gasteiger partial charge in [-0.3, -0.25) is 9.67 Å². The second kappa shape index (κ2) is 5.83. The number of pyridine rings is 1. The summed E-state index contributed by atoms with van der Waals surface area (Å²) in [4.78, 5) is 7.76. The molecule has 11 heteroatoms. The number of aromatic nitrogens is 5. The number of imidazole rings is 1. The molecule has 1 aromatic carbocycles. The molecule has 0 aliphatic heterocycles. The molecule has 0 saturated carbocycles. The first-order chi connectivity index (χ1) is 12.6. The van der Waals surface area contributed by atoms with Gasteiger partial charge in [0.2, 0.25) is 5.00 Å². The van der Waals surface area contributed by atoms with E-state index in [4.69, 9.17) is 11.6 Å². The summed E-state index contributed by atoms with van der Waals surface area (Å²) in [5, 5.41) is 5.21. The van der Waals surface area contributed by atoms with E-state index in [0.29, 0.717) is 10.9 Å². The Morgan fingerprint density at radius 3 is 2.56 bits per heavy atom. The molecule has 27 heavy (non-hydrogen) atoms. The zero-order valence-corrected chi connectivity index (χ0v) is 15.2. The highest BCUT2D eigenvalue weighted by Crippen LogP contribution is 2.36. The Kier molecular flexibility index (Phi) is 3.90. The van der Waals surface area contributed by atoms with Crippen LogP contribution in [0.15, 0.2) is 30.5 Å². The van der Waals surface area contributed by atoms with Crippen LogP contribution in [0.25, 0.3) is 27.8 Å². The molecule has 0 spiro atoms. The van der Waals surface area contributed by atoms with Crippen molar-refractivity contribution in [3.63, 3.8) is 0 Å². The molecule has 4 aromatic rings. The fourth-order valence-corrected chi connectivity index (χ4v) is 3.21. The topological polar surface area (TPSA) is 59.4 Å². The zero-order chi connectivity index (χ0) is 19.6. The molecule has 3 heterocycles. The van der Waals surface area contributed by atoms with Crippen LogP contribution in [0.2, 0.25) is 5.02 Å². The summed E-state index contributed by atoms with van der Waals surface area (Å²) in [5.74, 6) is -0.216. The van der Waals surface area contributed by atoms with Crippen molar-refractivity contribution in [3.05, 3.63) is 47.0 Å². The highest BCUT2D eigenvalue weighted by Gasteiger charge is 2.35. The van der Waals surface area contributed by atoms with Crippen molar-refractivity contribution in [1.29, 1.82) is 0 Å². The number of nitrogens with one attached hydrogen (secondary N) is 1. The van der Waals surface area contributed by atoms with Gasteiger partial charge in [-0.25, -0.2) is 14.4 Å². The first-order valence-electron chi connectivity index (χ1n) is 7.57. The molecule has 0 radical (unpaired) electrons. The van der Waals surface area contributed by atoms with Crippen LogP contribution in [0.3, 0.4) is 0 Å². The average molecular weight is 416 g/mol. The summed E-state index contributed by atoms with van der Waals surface area (Å²) < 4.78 is 55.2. The molecule has 0 fully saturated rings. The molecule has 3 aromatic heterocycles. The third-order valence-electron chi connectivity index (χ3n) is 3.95. The molecule has 4 rings (SSSR count). The van der Waals surface area contributed by atoms with E-state index in [1.807, 2.05) is 0 Å². The van der Waals surface area contributed by atoms with E-state index >= 15 is 0 Å². The molecular weight excluding hydrogens is 406 g/mol. The van der Waals surface area contributed by atoms with Crippen molar-refractivity contribution in [2.24, 2.45) is 0 Å². The minimum absolute atomic E-state index is 0.0966. The quantitative estimate of drug-likeness (QED) is 0.356. The smallest absolute Gasteiger partial charge is 0.277 e. The minimum Gasteiger partial charge on any atom is -0.277 e. The van der Waals surface area contributed by atoms with Crippen molar-refractivity contribution >= 4 is 46.3 Å². The molecule has 1 atom stereocenters. The first kappa shape index (κ1) is 18.1. The number of hydrogen-bond donors (Lipinski definition) is 2. The van der Waals surface area contributed by atoms with Gasteiger partial charge in [-0.1, -0.05) is 11.6 Å².